The van der Waals surface area contributed by atoms with Gasteiger partial charge in [-0.15, -0.1) is 0 Å². The fourth-order valence-corrected chi connectivity index (χ4v) is 24.2. The second-order valence-corrected chi connectivity index (χ2v) is 38.6. The molecule has 145 heavy (non-hydrogen) atoms. The second kappa shape index (κ2) is 31.5. The van der Waals surface area contributed by atoms with Crippen molar-refractivity contribution in [2.45, 2.75) is 0 Å². The first-order valence-electron chi connectivity index (χ1n) is 49.7. The molecule has 9 heteroatoms. The molecule has 0 spiro atoms. The summed E-state index contributed by atoms with van der Waals surface area (Å²) < 4.78 is 21.2. The van der Waals surface area contributed by atoms with Gasteiger partial charge in [-0.2, -0.15) is 0 Å². The number of fused-ring (bicyclic) bond motifs is 27. The molecule has 8 aromatic heterocycles. The fraction of sp³-hybridized carbons (Fsp3) is 0. The maximum Gasteiger partial charge on any atom is 0.235 e. The van der Waals surface area contributed by atoms with E-state index in [1.165, 1.54) is 109 Å². The minimum atomic E-state index is 0.602. The van der Waals surface area contributed by atoms with Gasteiger partial charge in [0.2, 0.25) is 5.95 Å². The van der Waals surface area contributed by atoms with Gasteiger partial charge in [-0.1, -0.05) is 303 Å². The number of hydrogen-bond donors (Lipinski definition) is 0. The van der Waals surface area contributed by atoms with Crippen LogP contribution in [0.1, 0.15) is 0 Å². The summed E-state index contributed by atoms with van der Waals surface area (Å²) in [4.78, 5) is 11.2. The maximum atomic E-state index is 6.78. The third-order valence-corrected chi connectivity index (χ3v) is 30.7. The molecule has 0 saturated carbocycles. The third-order valence-electron chi connectivity index (χ3n) is 30.7. The van der Waals surface area contributed by atoms with E-state index in [0.29, 0.717) is 5.95 Å². The first-order chi connectivity index (χ1) is 71.9. The lowest BCUT2D eigenvalue weighted by molar-refractivity contribution is 0.673. The Hall–Kier alpha value is -19.5. The van der Waals surface area contributed by atoms with Gasteiger partial charge in [0.25, 0.3) is 0 Å². The Morgan fingerprint density at radius 1 is 0.166 bits per heavy atom. The zero-order chi connectivity index (χ0) is 94.7. The highest BCUT2D eigenvalue weighted by atomic mass is 16.3. The van der Waals surface area contributed by atoms with E-state index in [0.717, 1.165) is 183 Å². The van der Waals surface area contributed by atoms with Gasteiger partial charge in [0.1, 0.15) is 11.2 Å². The van der Waals surface area contributed by atoms with Gasteiger partial charge in [0.05, 0.1) is 77.4 Å². The molecule has 0 aliphatic carbocycles. The van der Waals surface area contributed by atoms with E-state index in [1.807, 2.05) is 6.07 Å². The molecule has 0 amide bonds. The van der Waals surface area contributed by atoms with Crippen LogP contribution in [0, 0.1) is 0 Å². The lowest BCUT2D eigenvalue weighted by atomic mass is 9.94. The highest BCUT2D eigenvalue weighted by Crippen LogP contribution is 2.51. The van der Waals surface area contributed by atoms with Gasteiger partial charge in [-0.3, -0.25) is 4.57 Å². The first-order valence-corrected chi connectivity index (χ1v) is 49.7. The van der Waals surface area contributed by atoms with Crippen molar-refractivity contribution in [3.8, 4) is 112 Å². The Kier molecular flexibility index (Phi) is 17.5. The van der Waals surface area contributed by atoms with Crippen LogP contribution in [0.3, 0.4) is 0 Å². The summed E-state index contributed by atoms with van der Waals surface area (Å²) in [5, 5.41) is 21.9. The van der Waals surface area contributed by atoms with Crippen molar-refractivity contribution < 1.29 is 4.42 Å². The van der Waals surface area contributed by atoms with E-state index in [-0.39, 0.29) is 0 Å². The van der Waals surface area contributed by atoms with Crippen LogP contribution in [0.15, 0.2) is 502 Å². The Morgan fingerprint density at radius 3 is 0.966 bits per heavy atom. The van der Waals surface area contributed by atoms with E-state index in [9.17, 15) is 0 Å². The van der Waals surface area contributed by atoms with Crippen molar-refractivity contribution in [1.29, 1.82) is 0 Å². The van der Waals surface area contributed by atoms with Crippen molar-refractivity contribution in [3.05, 3.63) is 497 Å². The standard InChI is InChI=1S/C136H82N8O/c1-4-33-96(34-5-1)139-119-49-21-15-40-102(119)111-75-87(57-65-123(111)139)90-60-70-128-116(80-90)117-81-91(61-71-129(117)141(128)98-37-8-3-9-38-98)88-58-66-124-112(76-88)103-41-16-22-50-120(103)142(124)99-63-54-83(55-64-99)84-29-26-31-93(72-84)110-82-100(74-94-28-10-11-39-101(94)110)143-121-51-23-17-42-104(121)113-77-89(59-67-125(113)143)92-62-69-127-115(79-92)114-78-86(56-68-126(114)140(127)97-35-6-2-7-36-97)85-30-27-32-95(73-85)133-107-45-14-20-48-118(107)137-136(138-133)144-122-52-24-18-46-108(122)131-132-109-47-19-25-53-130(109)145-135(132)106-44-13-12-43-105(106)134(131)144/h1-82H. The molecular weight excluding hydrogens is 1760 g/mol. The maximum absolute atomic E-state index is 6.78. The molecule has 9 nitrogen and oxygen atoms in total. The fourth-order valence-electron chi connectivity index (χ4n) is 24.2. The van der Waals surface area contributed by atoms with E-state index in [4.69, 9.17) is 14.4 Å². The number of para-hydroxylation sites is 9. The van der Waals surface area contributed by atoms with E-state index in [1.54, 1.807) is 0 Å². The number of benzene rings is 23. The van der Waals surface area contributed by atoms with E-state index >= 15 is 0 Å². The lowest BCUT2D eigenvalue weighted by Crippen LogP contribution is -2.04. The van der Waals surface area contributed by atoms with Crippen molar-refractivity contribution in [2.75, 3.05) is 0 Å². The van der Waals surface area contributed by atoms with Crippen LogP contribution >= 0.6 is 0 Å². The van der Waals surface area contributed by atoms with Crippen LogP contribution in [-0.4, -0.2) is 37.4 Å². The van der Waals surface area contributed by atoms with E-state index in [2.05, 4.69) is 519 Å². The molecule has 0 fully saturated rings. The summed E-state index contributed by atoms with van der Waals surface area (Å²) in [7, 11) is 0. The first kappa shape index (κ1) is 80.5. The zero-order valence-electron chi connectivity index (χ0n) is 78.3. The molecule has 8 heterocycles. The summed E-state index contributed by atoms with van der Waals surface area (Å²) in [5.74, 6) is 0.602. The molecular formula is C136H82N8O. The molecule has 672 valence electrons. The minimum absolute atomic E-state index is 0.602. The summed E-state index contributed by atoms with van der Waals surface area (Å²) in [6, 6.07) is 183. The smallest absolute Gasteiger partial charge is 0.235 e. The molecule has 0 aliphatic rings. The quantitative estimate of drug-likeness (QED) is 0.116. The predicted molar refractivity (Wildman–Crippen MR) is 606 cm³/mol. The van der Waals surface area contributed by atoms with Gasteiger partial charge in [-0.25, -0.2) is 9.97 Å². The Morgan fingerprint density at radius 2 is 0.490 bits per heavy atom. The molecule has 31 aromatic rings. The van der Waals surface area contributed by atoms with Crippen molar-refractivity contribution in [2.24, 2.45) is 0 Å². The largest absolute Gasteiger partial charge is 0.455 e. The Labute approximate surface area is 831 Å². The summed E-state index contributed by atoms with van der Waals surface area (Å²) in [5.41, 5.74) is 37.5. The van der Waals surface area contributed by atoms with Crippen LogP contribution in [0.5, 0.6) is 0 Å². The Bertz CT molecular complexity index is 10900. The highest BCUT2D eigenvalue weighted by Gasteiger charge is 2.29. The molecule has 23 aromatic carbocycles. The van der Waals surface area contributed by atoms with Gasteiger partial charge in [0, 0.05) is 126 Å². The van der Waals surface area contributed by atoms with Crippen molar-refractivity contribution in [1.82, 2.24) is 37.4 Å². The van der Waals surface area contributed by atoms with Gasteiger partial charge in [0.15, 0.2) is 0 Å². The van der Waals surface area contributed by atoms with Gasteiger partial charge < -0.3 is 27.3 Å². The van der Waals surface area contributed by atoms with Crippen LogP contribution in [0.25, 0.3) is 298 Å². The predicted octanol–water partition coefficient (Wildman–Crippen LogP) is 36.1. The number of nitrogens with zero attached hydrogens (tertiary/aromatic N) is 8. The van der Waals surface area contributed by atoms with Crippen molar-refractivity contribution >= 4 is 185 Å². The average Bonchev–Trinajstić information content (AvgIpc) is 1.53. The van der Waals surface area contributed by atoms with Crippen molar-refractivity contribution in [3.63, 3.8) is 0 Å². The van der Waals surface area contributed by atoms with Crippen LogP contribution in [-0.2, 0) is 0 Å². The normalized spacial score (nSPS) is 12.1. The minimum Gasteiger partial charge on any atom is -0.455 e. The molecule has 0 unspecified atom stereocenters. The molecule has 0 radical (unpaired) electrons. The molecule has 31 rings (SSSR count). The summed E-state index contributed by atoms with van der Waals surface area (Å²) in [6.07, 6.45) is 0. The second-order valence-electron chi connectivity index (χ2n) is 38.6. The van der Waals surface area contributed by atoms with Gasteiger partial charge in [-0.05, 0) is 272 Å². The molecule has 0 N–H and O–H groups in total. The van der Waals surface area contributed by atoms with E-state index < -0.39 is 0 Å². The van der Waals surface area contributed by atoms with Crippen LogP contribution in [0.2, 0.25) is 0 Å². The monoisotopic (exact) mass is 1840 g/mol. The average molecular weight is 1840 g/mol. The SMILES string of the molecule is c1ccc(-n2c3ccccc3c3cc(-c4ccc5c(c4)c4cc(-c6ccc7c(c6)c6ccccc6n7-c6ccc(-c7cccc(-c8cc(-n9c%10ccccc%10c%10cc(-c%11ccc%12c(c%11)c%11cc(-c%13cccc(-c%14nc(-n%15c%16ccccc%16c%16c%17c%18ccccc%18oc%17c%17ccccc%17c%16%15)nc%15ccccc%14%15)c%13)ccc%11n%12-c%11ccccc%11)ccc%109)cc9ccccc89)c7)cc6)ccc4n5-c4ccccc4)ccc32)cc1. The zero-order valence-corrected chi connectivity index (χ0v) is 78.3. The highest BCUT2D eigenvalue weighted by molar-refractivity contribution is 6.36. The number of furan rings is 1. The van der Waals surface area contributed by atoms with Gasteiger partial charge >= 0.3 is 0 Å². The molecule has 0 bridgehead atoms. The number of aromatic nitrogens is 8. The molecule has 0 saturated heterocycles. The third kappa shape index (κ3) is 12.3. The van der Waals surface area contributed by atoms with Crippen LogP contribution < -0.4 is 0 Å². The van der Waals surface area contributed by atoms with Crippen LogP contribution in [0.4, 0.5) is 0 Å². The summed E-state index contributed by atoms with van der Waals surface area (Å²) in [6.45, 7) is 0. The molecule has 0 aliphatic heterocycles. The summed E-state index contributed by atoms with van der Waals surface area (Å²) >= 11 is 0. The number of hydrogen-bond acceptors (Lipinski definition) is 3. The molecule has 0 atom stereocenters. The Balaban J connectivity index is 0.470. The lowest BCUT2D eigenvalue weighted by Gasteiger charge is -2.15. The number of rotatable bonds is 13. The topological polar surface area (TPSA) is 68.5 Å².